The second-order valence-electron chi connectivity index (χ2n) is 11.7. The molecule has 2 heterocycles. The van der Waals surface area contributed by atoms with Gasteiger partial charge in [0.05, 0.1) is 35.1 Å². The van der Waals surface area contributed by atoms with Gasteiger partial charge in [-0.3, -0.25) is 9.36 Å². The minimum absolute atomic E-state index is 0.0107. The van der Waals surface area contributed by atoms with Crippen LogP contribution in [0.15, 0.2) is 88.9 Å². The number of thioether (sulfide) groups is 1. The van der Waals surface area contributed by atoms with Crippen molar-refractivity contribution in [3.63, 3.8) is 0 Å². The summed E-state index contributed by atoms with van der Waals surface area (Å²) >= 11 is 1.04. The number of carbonyl (C=O) groups excluding carboxylic acids is 1. The number of alkyl halides is 3. The van der Waals surface area contributed by atoms with Crippen LogP contribution in [-0.4, -0.2) is 75.9 Å². The molecule has 3 aromatic carbocycles. The molecule has 0 spiro atoms. The molecule has 1 aliphatic rings. The normalized spacial score (nSPS) is 14.7. The molecule has 1 saturated heterocycles. The highest BCUT2D eigenvalue weighted by Gasteiger charge is 2.32. The Morgan fingerprint density at radius 3 is 2.30 bits per heavy atom. The average Bonchev–Trinajstić information content (AvgIpc) is 3.47. The van der Waals surface area contributed by atoms with E-state index in [2.05, 4.69) is 10.2 Å². The summed E-state index contributed by atoms with van der Waals surface area (Å²) in [4.78, 5) is 15.3. The van der Waals surface area contributed by atoms with E-state index in [0.29, 0.717) is 12.1 Å². The van der Waals surface area contributed by atoms with Crippen molar-refractivity contribution >= 4 is 27.7 Å². The molecule has 5 rings (SSSR count). The van der Waals surface area contributed by atoms with Crippen LogP contribution < -0.4 is 0 Å². The van der Waals surface area contributed by atoms with E-state index in [4.69, 9.17) is 4.74 Å². The highest BCUT2D eigenvalue weighted by Crippen LogP contribution is 2.34. The minimum Gasteiger partial charge on any atom is -0.379 e. The topological polar surface area (TPSA) is 97.6 Å². The number of halogens is 3. The molecule has 4 aromatic rings. The molecule has 1 aliphatic heterocycles. The van der Waals surface area contributed by atoms with Crippen LogP contribution in [0.1, 0.15) is 31.9 Å². The lowest BCUT2D eigenvalue weighted by atomic mass is 10.0. The third-order valence-corrected chi connectivity index (χ3v) is 10.2. The minimum atomic E-state index is -4.61. The molecule has 0 atom stereocenters. The highest BCUT2D eigenvalue weighted by molar-refractivity contribution is 7.99. The maximum absolute atomic E-state index is 13.8. The monoisotopic (exact) mass is 673 g/mol. The molecule has 46 heavy (non-hydrogen) atoms. The number of carbonyl (C=O) groups is 1. The number of hydrogen-bond donors (Lipinski definition) is 0. The van der Waals surface area contributed by atoms with Gasteiger partial charge in [-0.05, 0) is 56.7 Å². The van der Waals surface area contributed by atoms with E-state index in [1.54, 1.807) is 17.0 Å². The van der Waals surface area contributed by atoms with Gasteiger partial charge >= 0.3 is 6.18 Å². The molecule has 0 radical (unpaired) electrons. The fourth-order valence-corrected chi connectivity index (χ4v) is 7.29. The molecule has 0 aliphatic carbocycles. The Morgan fingerprint density at radius 1 is 0.935 bits per heavy atom. The molecule has 1 amide bonds. The number of ether oxygens (including phenoxy) is 1. The van der Waals surface area contributed by atoms with E-state index in [0.717, 1.165) is 29.5 Å². The van der Waals surface area contributed by atoms with Crippen molar-refractivity contribution in [3.8, 4) is 17.1 Å². The molecule has 244 valence electrons. The molecule has 0 N–H and O–H groups in total. The van der Waals surface area contributed by atoms with Gasteiger partial charge in [0.25, 0.3) is 0 Å². The zero-order chi connectivity index (χ0) is 33.1. The summed E-state index contributed by atoms with van der Waals surface area (Å²) in [5.41, 5.74) is 0.0138. The van der Waals surface area contributed by atoms with Crippen LogP contribution in [0.25, 0.3) is 17.1 Å². The maximum Gasteiger partial charge on any atom is 0.416 e. The van der Waals surface area contributed by atoms with Crippen LogP contribution in [0.4, 0.5) is 13.2 Å². The summed E-state index contributed by atoms with van der Waals surface area (Å²) in [6, 6.07) is 20.3. The van der Waals surface area contributed by atoms with Crippen LogP contribution >= 0.6 is 11.8 Å². The van der Waals surface area contributed by atoms with E-state index in [1.807, 2.05) is 51.1 Å². The lowest BCUT2D eigenvalue weighted by molar-refractivity contribution is -0.137. The predicted octanol–water partition coefficient (Wildman–Crippen LogP) is 5.89. The summed E-state index contributed by atoms with van der Waals surface area (Å²) in [5, 5.41) is 8.73. The number of sulfonamides is 1. The van der Waals surface area contributed by atoms with Crippen molar-refractivity contribution in [2.75, 3.05) is 32.1 Å². The number of rotatable bonds is 9. The Bertz CT molecular complexity index is 1790. The first kappa shape index (κ1) is 33.6. The average molecular weight is 674 g/mol. The summed E-state index contributed by atoms with van der Waals surface area (Å²) in [6.07, 6.45) is -4.61. The number of amides is 1. The Balaban J connectivity index is 1.52. The third kappa shape index (κ3) is 7.63. The van der Waals surface area contributed by atoms with Crippen molar-refractivity contribution in [3.05, 3.63) is 90.0 Å². The predicted molar refractivity (Wildman–Crippen MR) is 169 cm³/mol. The number of benzene rings is 3. The number of aromatic nitrogens is 3. The molecule has 0 saturated carbocycles. The van der Waals surface area contributed by atoms with E-state index in [-0.39, 0.29) is 59.5 Å². The van der Waals surface area contributed by atoms with Gasteiger partial charge in [-0.1, -0.05) is 60.3 Å². The Labute approximate surface area is 270 Å². The lowest BCUT2D eigenvalue weighted by Crippen LogP contribution is -2.45. The molecule has 14 heteroatoms. The van der Waals surface area contributed by atoms with Gasteiger partial charge < -0.3 is 9.64 Å². The molecule has 0 unspecified atom stereocenters. The van der Waals surface area contributed by atoms with Gasteiger partial charge in [0.1, 0.15) is 0 Å². The van der Waals surface area contributed by atoms with Gasteiger partial charge in [-0.2, -0.15) is 17.5 Å². The van der Waals surface area contributed by atoms with Gasteiger partial charge in [0.2, 0.25) is 15.9 Å². The van der Waals surface area contributed by atoms with Gasteiger partial charge in [0.15, 0.2) is 11.0 Å². The quantitative estimate of drug-likeness (QED) is 0.204. The van der Waals surface area contributed by atoms with Crippen LogP contribution in [0, 0.1) is 0 Å². The van der Waals surface area contributed by atoms with E-state index in [9.17, 15) is 26.4 Å². The summed E-state index contributed by atoms with van der Waals surface area (Å²) in [5.74, 6) is -0.127. The Kier molecular flexibility index (Phi) is 9.92. The Hall–Kier alpha value is -3.72. The summed E-state index contributed by atoms with van der Waals surface area (Å²) in [7, 11) is -3.87. The molecule has 1 aromatic heterocycles. The van der Waals surface area contributed by atoms with Crippen molar-refractivity contribution < 1.29 is 31.1 Å². The van der Waals surface area contributed by atoms with E-state index < -0.39 is 27.3 Å². The number of hydrogen-bond acceptors (Lipinski definition) is 7. The summed E-state index contributed by atoms with van der Waals surface area (Å²) < 4.78 is 76.1. The second kappa shape index (κ2) is 13.6. The van der Waals surface area contributed by atoms with Gasteiger partial charge in [-0.15, -0.1) is 10.2 Å². The van der Waals surface area contributed by atoms with E-state index in [1.165, 1.54) is 33.1 Å². The first-order chi connectivity index (χ1) is 21.7. The molecular weight excluding hydrogens is 640 g/mol. The fourth-order valence-electron chi connectivity index (χ4n) is 5.01. The first-order valence-electron chi connectivity index (χ1n) is 14.5. The highest BCUT2D eigenvalue weighted by atomic mass is 32.2. The molecule has 1 fully saturated rings. The smallest absolute Gasteiger partial charge is 0.379 e. The number of nitrogens with zero attached hydrogens (tertiary/aromatic N) is 5. The summed E-state index contributed by atoms with van der Waals surface area (Å²) in [6.45, 7) is 7.13. The lowest BCUT2D eigenvalue weighted by Gasteiger charge is -2.36. The third-order valence-electron chi connectivity index (χ3n) is 7.38. The van der Waals surface area contributed by atoms with Gasteiger partial charge in [-0.25, -0.2) is 8.42 Å². The van der Waals surface area contributed by atoms with Crippen LogP contribution in [0.5, 0.6) is 0 Å². The zero-order valence-corrected chi connectivity index (χ0v) is 27.2. The van der Waals surface area contributed by atoms with Crippen LogP contribution in [0.3, 0.4) is 0 Å². The second-order valence-corrected chi connectivity index (χ2v) is 14.5. The zero-order valence-electron chi connectivity index (χ0n) is 25.6. The van der Waals surface area contributed by atoms with E-state index >= 15 is 0 Å². The largest absolute Gasteiger partial charge is 0.416 e. The number of morpholine rings is 1. The van der Waals surface area contributed by atoms with Crippen LogP contribution in [0.2, 0.25) is 0 Å². The van der Waals surface area contributed by atoms with Crippen LogP contribution in [-0.2, 0) is 32.3 Å². The molecule has 0 bridgehead atoms. The molecular formula is C32H34F3N5O4S2. The molecule has 9 nitrogen and oxygen atoms in total. The van der Waals surface area contributed by atoms with Crippen molar-refractivity contribution in [2.24, 2.45) is 0 Å². The van der Waals surface area contributed by atoms with Crippen molar-refractivity contribution in [2.45, 2.75) is 49.1 Å². The Morgan fingerprint density at radius 2 is 1.63 bits per heavy atom. The van der Waals surface area contributed by atoms with Crippen molar-refractivity contribution in [1.29, 1.82) is 0 Å². The SMILES string of the molecule is CC(C)(C)N(Cc1ccccc1)C(=O)CSc1nnc(-c2cccc(S(=O)(=O)N3CCOCC3)c2)n1-c1cccc(C(F)(F)F)c1. The standard InChI is InChI=1S/C32H34F3N5O4S2/c1-31(2,3)39(21-23-9-5-4-6-10-23)28(41)22-45-30-37-36-29(40(30)26-13-8-12-25(20-26)32(33,34)35)24-11-7-14-27(19-24)46(42,43)38-15-17-44-18-16-38/h4-14,19-20H,15-18,21-22H2,1-3H3. The first-order valence-corrected chi connectivity index (χ1v) is 17.0. The van der Waals surface area contributed by atoms with Crippen molar-refractivity contribution in [1.82, 2.24) is 24.0 Å². The fraction of sp³-hybridized carbons (Fsp3) is 0.344. The maximum atomic E-state index is 13.8. The van der Waals surface area contributed by atoms with Gasteiger partial charge in [0, 0.05) is 30.7 Å².